The van der Waals surface area contributed by atoms with Gasteiger partial charge in [-0.2, -0.15) is 10.2 Å². The van der Waals surface area contributed by atoms with E-state index in [9.17, 15) is 4.79 Å². The molecule has 5 nitrogen and oxygen atoms in total. The molecule has 0 bridgehead atoms. The van der Waals surface area contributed by atoms with Crippen LogP contribution in [-0.2, 0) is 0 Å². The Labute approximate surface area is 169 Å². The van der Waals surface area contributed by atoms with Gasteiger partial charge in [0.05, 0.1) is 16.3 Å². The van der Waals surface area contributed by atoms with E-state index in [1.54, 1.807) is 0 Å². The Morgan fingerprint density at radius 3 is 2.79 bits per heavy atom. The Bertz CT molecular complexity index is 1050. The summed E-state index contributed by atoms with van der Waals surface area (Å²) in [4.78, 5) is 14.4. The third-order valence-electron chi connectivity index (χ3n) is 5.25. The number of carbonyl (C=O) groups excluding carboxylic acids is 1. The van der Waals surface area contributed by atoms with Gasteiger partial charge in [-0.05, 0) is 55.7 Å². The van der Waals surface area contributed by atoms with Gasteiger partial charge < -0.3 is 0 Å². The molecule has 1 aromatic carbocycles. The van der Waals surface area contributed by atoms with E-state index in [4.69, 9.17) is 0 Å². The van der Waals surface area contributed by atoms with Gasteiger partial charge in [0, 0.05) is 11.1 Å². The van der Waals surface area contributed by atoms with Gasteiger partial charge in [0.25, 0.3) is 5.91 Å². The standard InChI is InChI=1S/C22H26N4OS/c1-14-10-16(13-22(3,4)12-14)23-24-20(27)19-11-18-15(2)25-26(21(18)28-19)17-8-6-5-7-9-17/h5-9,11,14H,10,12-13H2,1-4H3,(H,24,27)/b23-16+/t14-/m0/s1. The summed E-state index contributed by atoms with van der Waals surface area (Å²) in [5.41, 5.74) is 6.03. The molecule has 0 aliphatic heterocycles. The number of hydrogen-bond acceptors (Lipinski definition) is 4. The zero-order valence-corrected chi connectivity index (χ0v) is 17.6. The Morgan fingerprint density at radius 2 is 2.07 bits per heavy atom. The molecule has 1 amide bonds. The molecule has 1 aliphatic carbocycles. The van der Waals surface area contributed by atoms with Gasteiger partial charge in [-0.1, -0.05) is 39.0 Å². The number of hydrogen-bond donors (Lipinski definition) is 1. The van der Waals surface area contributed by atoms with E-state index >= 15 is 0 Å². The molecule has 2 heterocycles. The smallest absolute Gasteiger partial charge is 0.266 e. The molecule has 1 saturated carbocycles. The first kappa shape index (κ1) is 18.9. The number of nitrogens with one attached hydrogen (secondary N) is 1. The molecule has 0 spiro atoms. The molecule has 1 N–H and O–H groups in total. The van der Waals surface area contributed by atoms with E-state index in [1.807, 2.05) is 48.0 Å². The average molecular weight is 395 g/mol. The van der Waals surface area contributed by atoms with Crippen molar-refractivity contribution in [1.82, 2.24) is 15.2 Å². The number of nitrogens with zero attached hydrogens (tertiary/aromatic N) is 3. The minimum Gasteiger partial charge on any atom is -0.266 e. The maximum absolute atomic E-state index is 12.7. The monoisotopic (exact) mass is 394 g/mol. The fourth-order valence-electron chi connectivity index (χ4n) is 4.29. The van der Waals surface area contributed by atoms with Crippen LogP contribution in [0.5, 0.6) is 0 Å². The maximum Gasteiger partial charge on any atom is 0.281 e. The molecule has 0 saturated heterocycles. The lowest BCUT2D eigenvalue weighted by Gasteiger charge is -2.34. The van der Waals surface area contributed by atoms with Crippen LogP contribution in [-0.4, -0.2) is 21.4 Å². The SMILES string of the molecule is Cc1nn(-c2ccccc2)c2sc(C(=O)N/N=C3\C[C@H](C)CC(C)(C)C3)cc12. The molecule has 6 heteroatoms. The van der Waals surface area contributed by atoms with Crippen LogP contribution in [0.4, 0.5) is 0 Å². The summed E-state index contributed by atoms with van der Waals surface area (Å²) in [5, 5.41) is 10.1. The molecule has 146 valence electrons. The van der Waals surface area contributed by atoms with Crippen molar-refractivity contribution < 1.29 is 4.79 Å². The third-order valence-corrected chi connectivity index (χ3v) is 6.36. The van der Waals surface area contributed by atoms with E-state index < -0.39 is 0 Å². The molecule has 0 unspecified atom stereocenters. The maximum atomic E-state index is 12.7. The molecule has 1 aliphatic rings. The average Bonchev–Trinajstić information content (AvgIpc) is 3.20. The van der Waals surface area contributed by atoms with Crippen molar-refractivity contribution in [2.24, 2.45) is 16.4 Å². The largest absolute Gasteiger partial charge is 0.281 e. The minimum absolute atomic E-state index is 0.149. The number of para-hydroxylation sites is 1. The topological polar surface area (TPSA) is 59.3 Å². The highest BCUT2D eigenvalue weighted by atomic mass is 32.1. The van der Waals surface area contributed by atoms with Crippen LogP contribution in [0.2, 0.25) is 0 Å². The number of thiophene rings is 1. The van der Waals surface area contributed by atoms with E-state index in [0.717, 1.165) is 40.2 Å². The lowest BCUT2D eigenvalue weighted by molar-refractivity contribution is 0.0958. The molecule has 3 aromatic rings. The molecular weight excluding hydrogens is 368 g/mol. The quantitative estimate of drug-likeness (QED) is 0.611. The highest BCUT2D eigenvalue weighted by Gasteiger charge is 2.29. The van der Waals surface area contributed by atoms with Crippen LogP contribution in [0.25, 0.3) is 15.9 Å². The molecule has 1 atom stereocenters. The highest BCUT2D eigenvalue weighted by Crippen LogP contribution is 2.37. The zero-order valence-electron chi connectivity index (χ0n) is 16.8. The van der Waals surface area contributed by atoms with E-state index in [-0.39, 0.29) is 11.3 Å². The molecule has 1 fully saturated rings. The number of benzene rings is 1. The number of rotatable bonds is 3. The van der Waals surface area contributed by atoms with Crippen LogP contribution in [0.3, 0.4) is 0 Å². The number of carbonyl (C=O) groups is 1. The summed E-state index contributed by atoms with van der Waals surface area (Å²) >= 11 is 1.45. The van der Waals surface area contributed by atoms with Crippen LogP contribution in [0.15, 0.2) is 41.5 Å². The first-order valence-electron chi connectivity index (χ1n) is 9.73. The molecular formula is C22H26N4OS. The zero-order chi connectivity index (χ0) is 19.9. The number of aryl methyl sites for hydroxylation is 1. The van der Waals surface area contributed by atoms with Gasteiger partial charge in [0.15, 0.2) is 0 Å². The van der Waals surface area contributed by atoms with E-state index in [1.165, 1.54) is 17.8 Å². The fourth-order valence-corrected chi connectivity index (χ4v) is 5.36. The van der Waals surface area contributed by atoms with Crippen LogP contribution >= 0.6 is 11.3 Å². The van der Waals surface area contributed by atoms with Crippen LogP contribution in [0, 0.1) is 18.3 Å². The lowest BCUT2D eigenvalue weighted by Crippen LogP contribution is -2.30. The summed E-state index contributed by atoms with van der Waals surface area (Å²) < 4.78 is 1.91. The Morgan fingerprint density at radius 1 is 1.32 bits per heavy atom. The predicted octanol–water partition coefficient (Wildman–Crippen LogP) is 5.33. The van der Waals surface area contributed by atoms with Crippen molar-refractivity contribution in [1.29, 1.82) is 0 Å². The second kappa shape index (κ2) is 7.17. The fraction of sp³-hybridized carbons (Fsp3) is 0.409. The number of aromatic nitrogens is 2. The van der Waals surface area contributed by atoms with E-state index in [2.05, 4.69) is 36.4 Å². The van der Waals surface area contributed by atoms with Crippen LogP contribution < -0.4 is 5.43 Å². The first-order valence-corrected chi connectivity index (χ1v) is 10.5. The number of hydrazone groups is 1. The van der Waals surface area contributed by atoms with Gasteiger partial charge in [0.1, 0.15) is 4.83 Å². The molecule has 0 radical (unpaired) electrons. The summed E-state index contributed by atoms with van der Waals surface area (Å²) in [6, 6.07) is 11.9. The van der Waals surface area contributed by atoms with Gasteiger partial charge in [0.2, 0.25) is 0 Å². The predicted molar refractivity (Wildman–Crippen MR) is 115 cm³/mol. The number of fused-ring (bicyclic) bond motifs is 1. The summed E-state index contributed by atoms with van der Waals surface area (Å²) in [6.07, 6.45) is 3.09. The Balaban J connectivity index is 1.58. The number of amides is 1. The summed E-state index contributed by atoms with van der Waals surface area (Å²) in [7, 11) is 0. The van der Waals surface area contributed by atoms with Gasteiger partial charge in [-0.15, -0.1) is 11.3 Å². The normalized spacial score (nSPS) is 20.6. The molecule has 2 aromatic heterocycles. The first-order chi connectivity index (χ1) is 13.3. The molecule has 4 rings (SSSR count). The van der Waals surface area contributed by atoms with Crippen molar-refractivity contribution in [3.8, 4) is 5.69 Å². The van der Waals surface area contributed by atoms with Crippen molar-refractivity contribution in [2.45, 2.75) is 47.0 Å². The van der Waals surface area contributed by atoms with Crippen molar-refractivity contribution in [3.05, 3.63) is 47.0 Å². The van der Waals surface area contributed by atoms with Crippen molar-refractivity contribution in [2.75, 3.05) is 0 Å². The highest BCUT2D eigenvalue weighted by molar-refractivity contribution is 7.20. The van der Waals surface area contributed by atoms with Gasteiger partial charge in [-0.25, -0.2) is 10.1 Å². The van der Waals surface area contributed by atoms with Gasteiger partial charge in [-0.3, -0.25) is 4.79 Å². The van der Waals surface area contributed by atoms with Gasteiger partial charge >= 0.3 is 0 Å². The van der Waals surface area contributed by atoms with E-state index in [0.29, 0.717) is 10.8 Å². The van der Waals surface area contributed by atoms with Crippen LogP contribution in [0.1, 0.15) is 55.4 Å². The second-order valence-electron chi connectivity index (χ2n) is 8.64. The van der Waals surface area contributed by atoms with Crippen molar-refractivity contribution in [3.63, 3.8) is 0 Å². The lowest BCUT2D eigenvalue weighted by atomic mass is 9.72. The summed E-state index contributed by atoms with van der Waals surface area (Å²) in [6.45, 7) is 8.76. The third kappa shape index (κ3) is 3.74. The summed E-state index contributed by atoms with van der Waals surface area (Å²) in [5.74, 6) is 0.451. The Kier molecular flexibility index (Phi) is 4.83. The van der Waals surface area contributed by atoms with Crippen molar-refractivity contribution >= 4 is 33.2 Å². The second-order valence-corrected chi connectivity index (χ2v) is 9.67. The Hall–Kier alpha value is -2.47. The molecule has 28 heavy (non-hydrogen) atoms. The minimum atomic E-state index is -0.149.